The molecular weight excluding hydrogens is 450 g/mol. The predicted molar refractivity (Wildman–Crippen MR) is 117 cm³/mol. The quantitative estimate of drug-likeness (QED) is 0.542. The third kappa shape index (κ3) is 5.01. The van der Waals surface area contributed by atoms with Gasteiger partial charge in [0.05, 0.1) is 6.04 Å². The van der Waals surface area contributed by atoms with Crippen molar-refractivity contribution in [3.63, 3.8) is 0 Å². The van der Waals surface area contributed by atoms with Crippen molar-refractivity contribution < 1.29 is 37.7 Å². The Morgan fingerprint density at radius 3 is 2.26 bits per heavy atom. The van der Waals surface area contributed by atoms with E-state index in [2.05, 4.69) is 10.6 Å². The fourth-order valence-corrected chi connectivity index (χ4v) is 4.46. The van der Waals surface area contributed by atoms with Crippen molar-refractivity contribution in [3.8, 4) is 11.1 Å². The number of hydrogen-bond donors (Lipinski definition) is 3. The molecule has 34 heavy (non-hydrogen) atoms. The Hall–Kier alpha value is -3.53. The number of nitrogens with one attached hydrogen (secondary N) is 2. The SMILES string of the molecule is O=C(NC(CC(F)F)C(=O)N[C@H]1CCO[C@H]1C(=O)O)OCC1c2ccccc2-c2ccccc21. The molecule has 8 nitrogen and oxygen atoms in total. The molecule has 10 heteroatoms. The molecule has 0 saturated carbocycles. The number of halogens is 2. The van der Waals surface area contributed by atoms with Crippen LogP contribution >= 0.6 is 0 Å². The molecule has 2 amide bonds. The second-order valence-corrected chi connectivity index (χ2v) is 8.18. The van der Waals surface area contributed by atoms with Crippen LogP contribution in [-0.2, 0) is 19.1 Å². The standard InChI is InChI=1S/C24H24F2N2O6/c25-20(26)11-19(22(29)27-18-9-10-33-21(18)23(30)31)28-24(32)34-12-17-15-7-3-1-5-13(15)14-6-2-4-8-16(14)17/h1-8,17-21H,9-12H2,(H,27,29)(H,28,32)(H,30,31)/t18-,19?,21+/m0/s1. The largest absolute Gasteiger partial charge is 0.479 e. The summed E-state index contributed by atoms with van der Waals surface area (Å²) in [6.07, 6.45) is -5.89. The van der Waals surface area contributed by atoms with Crippen LogP contribution in [0.4, 0.5) is 13.6 Å². The van der Waals surface area contributed by atoms with Crippen molar-refractivity contribution in [3.05, 3.63) is 59.7 Å². The molecule has 1 heterocycles. The Kier molecular flexibility index (Phi) is 7.06. The van der Waals surface area contributed by atoms with E-state index in [-0.39, 0.29) is 25.6 Å². The molecule has 3 atom stereocenters. The highest BCUT2D eigenvalue weighted by Crippen LogP contribution is 2.44. The van der Waals surface area contributed by atoms with Crippen LogP contribution < -0.4 is 10.6 Å². The molecule has 2 aromatic rings. The van der Waals surface area contributed by atoms with Crippen LogP contribution in [0, 0.1) is 0 Å². The zero-order valence-electron chi connectivity index (χ0n) is 18.1. The van der Waals surface area contributed by atoms with Crippen molar-refractivity contribution in [1.82, 2.24) is 10.6 Å². The van der Waals surface area contributed by atoms with Gasteiger partial charge in [0.2, 0.25) is 12.3 Å². The molecule has 1 aliphatic heterocycles. The first-order valence-electron chi connectivity index (χ1n) is 10.9. The van der Waals surface area contributed by atoms with Gasteiger partial charge in [-0.05, 0) is 28.7 Å². The van der Waals surface area contributed by atoms with Crippen molar-refractivity contribution in [2.45, 2.75) is 43.4 Å². The molecule has 2 aliphatic rings. The maximum absolute atomic E-state index is 13.1. The number of carbonyl (C=O) groups excluding carboxylic acids is 2. The van der Waals surface area contributed by atoms with E-state index in [9.17, 15) is 23.2 Å². The zero-order chi connectivity index (χ0) is 24.2. The number of amides is 2. The lowest BCUT2D eigenvalue weighted by molar-refractivity contribution is -0.148. The van der Waals surface area contributed by atoms with Crippen LogP contribution in [0.15, 0.2) is 48.5 Å². The average Bonchev–Trinajstić information content (AvgIpc) is 3.39. The van der Waals surface area contributed by atoms with Crippen LogP contribution in [0.25, 0.3) is 11.1 Å². The average molecular weight is 474 g/mol. The van der Waals surface area contributed by atoms with E-state index in [1.807, 2.05) is 48.5 Å². The molecule has 3 N–H and O–H groups in total. The molecular formula is C24H24F2N2O6. The lowest BCUT2D eigenvalue weighted by Gasteiger charge is -2.22. The van der Waals surface area contributed by atoms with Gasteiger partial charge in [0, 0.05) is 18.9 Å². The number of fused-ring (bicyclic) bond motifs is 3. The molecule has 1 unspecified atom stereocenters. The first-order valence-corrected chi connectivity index (χ1v) is 10.9. The van der Waals surface area contributed by atoms with E-state index >= 15 is 0 Å². The van der Waals surface area contributed by atoms with Gasteiger partial charge in [-0.3, -0.25) is 4.79 Å². The fraction of sp³-hybridized carbons (Fsp3) is 0.375. The van der Waals surface area contributed by atoms with Gasteiger partial charge in [-0.1, -0.05) is 48.5 Å². The van der Waals surface area contributed by atoms with Crippen LogP contribution in [0.2, 0.25) is 0 Å². The Bertz CT molecular complexity index is 1030. The maximum Gasteiger partial charge on any atom is 0.407 e. The molecule has 180 valence electrons. The number of benzene rings is 2. The summed E-state index contributed by atoms with van der Waals surface area (Å²) >= 11 is 0. The molecule has 2 aromatic carbocycles. The van der Waals surface area contributed by atoms with Crippen molar-refractivity contribution in [2.75, 3.05) is 13.2 Å². The Morgan fingerprint density at radius 2 is 1.68 bits per heavy atom. The monoisotopic (exact) mass is 474 g/mol. The number of ether oxygens (including phenoxy) is 2. The topological polar surface area (TPSA) is 114 Å². The number of hydrogen-bond acceptors (Lipinski definition) is 5. The lowest BCUT2D eigenvalue weighted by atomic mass is 9.98. The summed E-state index contributed by atoms with van der Waals surface area (Å²) in [4.78, 5) is 36.2. The summed E-state index contributed by atoms with van der Waals surface area (Å²) in [6, 6.07) is 13.0. The number of aliphatic carboxylic acids is 1. The summed E-state index contributed by atoms with van der Waals surface area (Å²) in [7, 11) is 0. The van der Waals surface area contributed by atoms with Gasteiger partial charge in [-0.25, -0.2) is 18.4 Å². The highest BCUT2D eigenvalue weighted by Gasteiger charge is 2.37. The number of alkyl carbamates (subject to hydrolysis) is 1. The summed E-state index contributed by atoms with van der Waals surface area (Å²) in [5.74, 6) is -2.42. The smallest absolute Gasteiger partial charge is 0.407 e. The van der Waals surface area contributed by atoms with Crippen molar-refractivity contribution in [2.24, 2.45) is 0 Å². The van der Waals surface area contributed by atoms with Gasteiger partial charge in [-0.2, -0.15) is 0 Å². The minimum absolute atomic E-state index is 0.0412. The van der Waals surface area contributed by atoms with E-state index in [1.165, 1.54) is 0 Å². The summed E-state index contributed by atoms with van der Waals surface area (Å²) in [6.45, 7) is 0.0711. The van der Waals surface area contributed by atoms with E-state index < -0.39 is 49.0 Å². The van der Waals surface area contributed by atoms with Crippen LogP contribution in [0.3, 0.4) is 0 Å². The second-order valence-electron chi connectivity index (χ2n) is 8.18. The minimum atomic E-state index is -2.88. The Balaban J connectivity index is 1.40. The minimum Gasteiger partial charge on any atom is -0.479 e. The molecule has 1 saturated heterocycles. The number of alkyl halides is 2. The van der Waals surface area contributed by atoms with E-state index in [1.54, 1.807) is 0 Å². The number of carbonyl (C=O) groups is 3. The fourth-order valence-electron chi connectivity index (χ4n) is 4.46. The third-order valence-electron chi connectivity index (χ3n) is 6.03. The lowest BCUT2D eigenvalue weighted by Crippen LogP contribution is -2.53. The molecule has 0 bridgehead atoms. The molecule has 0 radical (unpaired) electrons. The predicted octanol–water partition coefficient (Wildman–Crippen LogP) is 2.91. The second kappa shape index (κ2) is 10.2. The Labute approximate surface area is 194 Å². The normalized spacial score (nSPS) is 19.9. The van der Waals surface area contributed by atoms with Crippen molar-refractivity contribution >= 4 is 18.0 Å². The highest BCUT2D eigenvalue weighted by atomic mass is 19.3. The first kappa shape index (κ1) is 23.6. The van der Waals surface area contributed by atoms with Crippen LogP contribution in [0.5, 0.6) is 0 Å². The summed E-state index contributed by atoms with van der Waals surface area (Å²) in [5.41, 5.74) is 4.04. The number of carboxylic acid groups (broad SMARTS) is 1. The molecule has 1 aliphatic carbocycles. The third-order valence-corrected chi connectivity index (χ3v) is 6.03. The molecule has 4 rings (SSSR count). The van der Waals surface area contributed by atoms with Crippen LogP contribution in [-0.4, -0.2) is 60.9 Å². The van der Waals surface area contributed by atoms with E-state index in [4.69, 9.17) is 14.6 Å². The van der Waals surface area contributed by atoms with Gasteiger partial charge in [-0.15, -0.1) is 0 Å². The molecule has 1 fully saturated rings. The Morgan fingerprint density at radius 1 is 1.06 bits per heavy atom. The maximum atomic E-state index is 13.1. The van der Waals surface area contributed by atoms with Gasteiger partial charge >= 0.3 is 12.1 Å². The van der Waals surface area contributed by atoms with Crippen LogP contribution in [0.1, 0.15) is 29.9 Å². The van der Waals surface area contributed by atoms with Gasteiger partial charge in [0.15, 0.2) is 6.10 Å². The summed E-state index contributed by atoms with van der Waals surface area (Å²) < 4.78 is 36.6. The first-order chi connectivity index (χ1) is 16.3. The number of carboxylic acids is 1. The van der Waals surface area contributed by atoms with E-state index in [0.717, 1.165) is 22.3 Å². The van der Waals surface area contributed by atoms with E-state index in [0.29, 0.717) is 0 Å². The van der Waals surface area contributed by atoms with Crippen molar-refractivity contribution in [1.29, 1.82) is 0 Å². The number of rotatable bonds is 8. The molecule has 0 spiro atoms. The summed E-state index contributed by atoms with van der Waals surface area (Å²) in [5, 5.41) is 13.7. The molecule has 0 aromatic heterocycles. The van der Waals surface area contributed by atoms with Gasteiger partial charge in [0.1, 0.15) is 12.6 Å². The zero-order valence-corrected chi connectivity index (χ0v) is 18.1. The van der Waals surface area contributed by atoms with Gasteiger partial charge in [0.25, 0.3) is 0 Å². The van der Waals surface area contributed by atoms with Gasteiger partial charge < -0.3 is 25.2 Å². The highest BCUT2D eigenvalue weighted by molar-refractivity contribution is 5.87.